The van der Waals surface area contributed by atoms with E-state index in [1.807, 2.05) is 38.1 Å². The van der Waals surface area contributed by atoms with Crippen molar-refractivity contribution in [2.24, 2.45) is 0 Å². The summed E-state index contributed by atoms with van der Waals surface area (Å²) < 4.78 is 1.73. The number of para-hydroxylation sites is 1. The zero-order valence-corrected chi connectivity index (χ0v) is 16.4. The molecule has 0 saturated heterocycles. The molecule has 0 fully saturated rings. The number of aromatic nitrogens is 6. The molecule has 0 unspecified atom stereocenters. The van der Waals surface area contributed by atoms with Crippen LogP contribution in [0.2, 0.25) is 0 Å². The van der Waals surface area contributed by atoms with Gasteiger partial charge in [0.1, 0.15) is 0 Å². The summed E-state index contributed by atoms with van der Waals surface area (Å²) in [5.41, 5.74) is 1.62. The molecule has 0 aliphatic rings. The fourth-order valence-corrected chi connectivity index (χ4v) is 3.72. The van der Waals surface area contributed by atoms with Crippen LogP contribution in [0.4, 0.5) is 11.9 Å². The first-order chi connectivity index (χ1) is 13.7. The highest BCUT2D eigenvalue weighted by Crippen LogP contribution is 2.24. The summed E-state index contributed by atoms with van der Waals surface area (Å²) in [5.74, 6) is 1.78. The first kappa shape index (κ1) is 18.2. The molecule has 0 radical (unpaired) electrons. The van der Waals surface area contributed by atoms with Crippen LogP contribution in [-0.4, -0.2) is 54.2 Å². The highest BCUT2D eigenvalue weighted by Gasteiger charge is 2.17. The Hall–Kier alpha value is -3.14. The van der Waals surface area contributed by atoms with Crippen LogP contribution in [0.5, 0.6) is 0 Å². The number of Topliss-reactive ketones (excluding diaryl/α,β-unsaturated/α-hetero) is 1. The van der Waals surface area contributed by atoms with Gasteiger partial charge >= 0.3 is 0 Å². The van der Waals surface area contributed by atoms with Gasteiger partial charge in [-0.25, -0.2) is 4.40 Å². The van der Waals surface area contributed by atoms with Gasteiger partial charge in [-0.2, -0.15) is 9.97 Å². The average Bonchev–Trinajstić information content (AvgIpc) is 3.31. The fraction of sp³-hybridized carbons (Fsp3) is 0.278. The Balaban J connectivity index is 1.60. The zero-order valence-electron chi connectivity index (χ0n) is 15.6. The molecule has 0 aliphatic carbocycles. The number of anilines is 2. The van der Waals surface area contributed by atoms with Gasteiger partial charge in [0.2, 0.25) is 11.9 Å². The largest absolute Gasteiger partial charge is 0.360 e. The summed E-state index contributed by atoms with van der Waals surface area (Å²) in [6.07, 6.45) is 1.76. The van der Waals surface area contributed by atoms with E-state index in [0.717, 1.165) is 10.9 Å². The van der Waals surface area contributed by atoms with Crippen molar-refractivity contribution >= 4 is 46.1 Å². The highest BCUT2D eigenvalue weighted by molar-refractivity contribution is 7.99. The molecule has 0 saturated carbocycles. The number of fused-ring (bicyclic) bond motifs is 2. The third-order valence-corrected chi connectivity index (χ3v) is 5.07. The Morgan fingerprint density at radius 3 is 2.79 bits per heavy atom. The first-order valence-corrected chi connectivity index (χ1v) is 10.0. The summed E-state index contributed by atoms with van der Waals surface area (Å²) in [4.78, 5) is 24.7. The number of H-pyrrole nitrogens is 1. The zero-order chi connectivity index (χ0) is 19.5. The monoisotopic (exact) mass is 396 g/mol. The minimum absolute atomic E-state index is 0.0226. The summed E-state index contributed by atoms with van der Waals surface area (Å²) in [6, 6.07) is 7.75. The molecule has 0 spiro atoms. The van der Waals surface area contributed by atoms with Gasteiger partial charge in [-0.3, -0.25) is 4.79 Å². The number of rotatable bonds is 8. The second-order valence-corrected chi connectivity index (χ2v) is 6.95. The number of nitrogens with one attached hydrogen (secondary N) is 3. The Kier molecular flexibility index (Phi) is 5.11. The lowest BCUT2D eigenvalue weighted by Gasteiger charge is -2.09. The lowest BCUT2D eigenvalue weighted by molar-refractivity contribution is 0.102. The van der Waals surface area contributed by atoms with Gasteiger partial charge in [0, 0.05) is 35.8 Å². The highest BCUT2D eigenvalue weighted by atomic mass is 32.2. The first-order valence-electron chi connectivity index (χ1n) is 9.04. The molecule has 0 amide bonds. The molecule has 3 aromatic heterocycles. The second kappa shape index (κ2) is 7.85. The lowest BCUT2D eigenvalue weighted by Crippen LogP contribution is -2.12. The third kappa shape index (κ3) is 3.38. The van der Waals surface area contributed by atoms with E-state index in [2.05, 4.69) is 35.8 Å². The van der Waals surface area contributed by atoms with Crippen molar-refractivity contribution in [2.75, 3.05) is 29.5 Å². The number of carbonyl (C=O) groups excluding carboxylic acids is 1. The topological polar surface area (TPSA) is 113 Å². The van der Waals surface area contributed by atoms with E-state index < -0.39 is 0 Å². The molecule has 4 aromatic rings. The molecule has 3 heterocycles. The molecular formula is C18H20N8OS. The third-order valence-electron chi connectivity index (χ3n) is 4.14. The lowest BCUT2D eigenvalue weighted by atomic mass is 10.1. The molecule has 144 valence electrons. The average molecular weight is 396 g/mol. The maximum absolute atomic E-state index is 12.7. The van der Waals surface area contributed by atoms with Crippen LogP contribution in [0, 0.1) is 0 Å². The number of ketones is 1. The molecule has 0 bridgehead atoms. The number of nitrogens with zero attached hydrogens (tertiary/aromatic N) is 5. The maximum atomic E-state index is 12.7. The van der Waals surface area contributed by atoms with Gasteiger partial charge in [-0.15, -0.1) is 10.2 Å². The van der Waals surface area contributed by atoms with Crippen molar-refractivity contribution in [3.05, 3.63) is 36.0 Å². The Morgan fingerprint density at radius 1 is 1.14 bits per heavy atom. The maximum Gasteiger partial charge on any atom is 0.261 e. The van der Waals surface area contributed by atoms with Crippen LogP contribution in [0.1, 0.15) is 24.2 Å². The van der Waals surface area contributed by atoms with Crippen LogP contribution in [0.3, 0.4) is 0 Å². The predicted octanol–water partition coefficient (Wildman–Crippen LogP) is 2.84. The van der Waals surface area contributed by atoms with Gasteiger partial charge < -0.3 is 15.6 Å². The number of benzene rings is 1. The molecule has 10 heteroatoms. The van der Waals surface area contributed by atoms with Crippen molar-refractivity contribution < 1.29 is 4.79 Å². The van der Waals surface area contributed by atoms with Gasteiger partial charge in [0.05, 0.1) is 5.75 Å². The molecule has 1 aromatic carbocycles. The standard InChI is InChI=1S/C18H20N8OS/c1-3-19-15-22-16(20-4-2)26-17(23-15)24-25-18(26)28-10-14(27)12-9-21-13-8-6-5-7-11(12)13/h5-9,21H,3-4,10H2,1-2H3,(H2,19,20,22,23,24). The van der Waals surface area contributed by atoms with Crippen LogP contribution < -0.4 is 10.6 Å². The van der Waals surface area contributed by atoms with E-state index >= 15 is 0 Å². The summed E-state index contributed by atoms with van der Waals surface area (Å²) in [7, 11) is 0. The van der Waals surface area contributed by atoms with E-state index in [1.54, 1.807) is 10.6 Å². The van der Waals surface area contributed by atoms with E-state index in [-0.39, 0.29) is 11.5 Å². The minimum atomic E-state index is 0.0226. The number of hydrogen-bond donors (Lipinski definition) is 3. The molecule has 9 nitrogen and oxygen atoms in total. The molecule has 4 rings (SSSR count). The smallest absolute Gasteiger partial charge is 0.261 e. The van der Waals surface area contributed by atoms with E-state index in [4.69, 9.17) is 0 Å². The van der Waals surface area contributed by atoms with Crippen LogP contribution in [-0.2, 0) is 0 Å². The van der Waals surface area contributed by atoms with Gasteiger partial charge in [-0.05, 0) is 19.9 Å². The van der Waals surface area contributed by atoms with Crippen LogP contribution in [0.15, 0.2) is 35.6 Å². The fourth-order valence-electron chi connectivity index (χ4n) is 2.91. The number of hydrogen-bond acceptors (Lipinski definition) is 8. The number of aromatic amines is 1. The normalized spacial score (nSPS) is 11.2. The second-order valence-electron chi connectivity index (χ2n) is 6.01. The quantitative estimate of drug-likeness (QED) is 0.308. The SMILES string of the molecule is CCNc1nc(NCC)n2c(SCC(=O)c3c[nH]c4ccccc34)nnc2n1. The molecule has 3 N–H and O–H groups in total. The van der Waals surface area contributed by atoms with Crippen LogP contribution in [0.25, 0.3) is 16.7 Å². The molecule has 0 aliphatic heterocycles. The van der Waals surface area contributed by atoms with Crippen molar-refractivity contribution in [1.82, 2.24) is 29.5 Å². The predicted molar refractivity (Wildman–Crippen MR) is 110 cm³/mol. The van der Waals surface area contributed by atoms with Crippen LogP contribution >= 0.6 is 11.8 Å². The Morgan fingerprint density at radius 2 is 1.96 bits per heavy atom. The van der Waals surface area contributed by atoms with E-state index in [9.17, 15) is 4.79 Å². The number of carbonyl (C=O) groups is 1. The molecular weight excluding hydrogens is 376 g/mol. The van der Waals surface area contributed by atoms with E-state index in [0.29, 0.717) is 41.5 Å². The molecule has 0 atom stereocenters. The van der Waals surface area contributed by atoms with Crippen molar-refractivity contribution in [1.29, 1.82) is 0 Å². The Labute approximate surface area is 165 Å². The van der Waals surface area contributed by atoms with Crippen molar-refractivity contribution in [3.63, 3.8) is 0 Å². The summed E-state index contributed by atoms with van der Waals surface area (Å²) in [6.45, 7) is 5.35. The summed E-state index contributed by atoms with van der Waals surface area (Å²) >= 11 is 1.32. The van der Waals surface area contributed by atoms with Gasteiger partial charge in [0.25, 0.3) is 5.78 Å². The minimum Gasteiger partial charge on any atom is -0.360 e. The van der Waals surface area contributed by atoms with Gasteiger partial charge in [-0.1, -0.05) is 30.0 Å². The van der Waals surface area contributed by atoms with E-state index in [1.165, 1.54) is 11.8 Å². The van der Waals surface area contributed by atoms with Crippen molar-refractivity contribution in [3.8, 4) is 0 Å². The Bertz CT molecular complexity index is 1140. The van der Waals surface area contributed by atoms with Gasteiger partial charge in [0.15, 0.2) is 10.9 Å². The number of thioether (sulfide) groups is 1. The molecule has 28 heavy (non-hydrogen) atoms. The van der Waals surface area contributed by atoms with Crippen molar-refractivity contribution in [2.45, 2.75) is 19.0 Å². The summed E-state index contributed by atoms with van der Waals surface area (Å²) in [5, 5.41) is 16.1.